The van der Waals surface area contributed by atoms with Crippen molar-refractivity contribution in [2.75, 3.05) is 7.11 Å². The van der Waals surface area contributed by atoms with E-state index in [4.69, 9.17) is 13.9 Å². The highest BCUT2D eigenvalue weighted by Crippen LogP contribution is 2.47. The lowest BCUT2D eigenvalue weighted by Crippen LogP contribution is -2.28. The van der Waals surface area contributed by atoms with Gasteiger partial charge in [-0.25, -0.2) is 0 Å². The number of aromatic hydroxyl groups is 1. The summed E-state index contributed by atoms with van der Waals surface area (Å²) in [4.78, 5) is 40.0. The van der Waals surface area contributed by atoms with E-state index < -0.39 is 22.9 Å². The van der Waals surface area contributed by atoms with E-state index in [2.05, 4.69) is 6.58 Å². The summed E-state index contributed by atoms with van der Waals surface area (Å²) < 4.78 is 17.7. The highest BCUT2D eigenvalue weighted by atomic mass is 16.5. The van der Waals surface area contributed by atoms with Gasteiger partial charge in [-0.15, -0.1) is 0 Å². The second-order valence-corrected chi connectivity index (χ2v) is 10.8. The number of esters is 1. The maximum atomic E-state index is 14.0. The maximum Gasteiger partial charge on any atom is 0.313 e. The van der Waals surface area contributed by atoms with Crippen LogP contribution in [0.25, 0.3) is 33.6 Å². The molecule has 1 aliphatic carbocycles. The smallest absolute Gasteiger partial charge is 0.313 e. The van der Waals surface area contributed by atoms with Crippen LogP contribution in [0.1, 0.15) is 79.6 Å². The summed E-state index contributed by atoms with van der Waals surface area (Å²) in [6.07, 6.45) is 5.86. The molecule has 1 atom stereocenters. The first-order chi connectivity index (χ1) is 17.9. The Kier molecular flexibility index (Phi) is 5.86. The van der Waals surface area contributed by atoms with Crippen LogP contribution in [0.15, 0.2) is 39.6 Å². The van der Waals surface area contributed by atoms with E-state index in [1.807, 2.05) is 39.8 Å². The average molecular weight is 515 g/mol. The first kappa shape index (κ1) is 25.5. The molecule has 1 unspecified atom stereocenters. The number of hydrogen-bond acceptors (Lipinski definition) is 7. The fourth-order valence-electron chi connectivity index (χ4n) is 5.35. The summed E-state index contributed by atoms with van der Waals surface area (Å²) >= 11 is 0. The van der Waals surface area contributed by atoms with Crippen molar-refractivity contribution in [3.05, 3.63) is 68.4 Å². The van der Waals surface area contributed by atoms with Crippen LogP contribution in [0.5, 0.6) is 11.5 Å². The number of carbonyl (C=O) groups excluding carboxylic acids is 2. The van der Waals surface area contributed by atoms with Crippen molar-refractivity contribution in [1.82, 2.24) is 0 Å². The van der Waals surface area contributed by atoms with Gasteiger partial charge < -0.3 is 19.0 Å². The molecule has 0 fully saturated rings. The minimum Gasteiger partial charge on any atom is -0.506 e. The minimum atomic E-state index is -0.823. The monoisotopic (exact) mass is 514 g/mol. The largest absolute Gasteiger partial charge is 0.506 e. The predicted molar refractivity (Wildman–Crippen MR) is 147 cm³/mol. The van der Waals surface area contributed by atoms with Crippen molar-refractivity contribution < 1.29 is 28.6 Å². The van der Waals surface area contributed by atoms with Crippen molar-refractivity contribution in [2.24, 2.45) is 0 Å². The summed E-state index contributed by atoms with van der Waals surface area (Å²) in [7, 11) is 1.28. The molecular weight excluding hydrogens is 484 g/mol. The number of fused-ring (bicyclic) bond motifs is 5. The summed E-state index contributed by atoms with van der Waals surface area (Å²) in [5, 5.41) is 11.5. The number of hydrogen-bond donors (Lipinski definition) is 1. The molecule has 0 spiro atoms. The summed E-state index contributed by atoms with van der Waals surface area (Å²) in [5.41, 5.74) is 2.92. The van der Waals surface area contributed by atoms with Gasteiger partial charge in [-0.05, 0) is 70.4 Å². The van der Waals surface area contributed by atoms with E-state index in [-0.39, 0.29) is 45.5 Å². The van der Waals surface area contributed by atoms with Crippen LogP contribution in [0, 0.1) is 0 Å². The Bertz CT molecular complexity index is 1710. The third-order valence-corrected chi connectivity index (χ3v) is 7.20. The minimum absolute atomic E-state index is 0.0175. The number of ketones is 1. The third-order valence-electron chi connectivity index (χ3n) is 7.20. The maximum absolute atomic E-state index is 14.0. The lowest BCUT2D eigenvalue weighted by molar-refractivity contribution is -0.142. The topological polar surface area (TPSA) is 103 Å². The van der Waals surface area contributed by atoms with Gasteiger partial charge in [0, 0.05) is 12.0 Å². The number of Topliss-reactive ketones (excluding diaryl/α,β-unsaturated/α-hetero) is 1. The van der Waals surface area contributed by atoms with Crippen molar-refractivity contribution in [2.45, 2.75) is 59.0 Å². The number of allylic oxidation sites excluding steroid dienone is 3. The Labute approximate surface area is 220 Å². The van der Waals surface area contributed by atoms with Gasteiger partial charge in [-0.3, -0.25) is 14.4 Å². The molecule has 1 aliphatic heterocycles. The Balaban J connectivity index is 1.98. The SMILES string of the molecule is C=C(C)c1cc2c(=O)c3c(O)c4c(c(CC=C(C)C)c3oc2c2c1C(C(=O)OC)CC2=O)OC(C)(C)C=C4. The average Bonchev–Trinajstić information content (AvgIpc) is 3.19. The molecule has 2 aliphatic rings. The highest BCUT2D eigenvalue weighted by Gasteiger charge is 2.40. The zero-order chi connectivity index (χ0) is 27.7. The molecule has 2 aromatic carbocycles. The molecule has 0 radical (unpaired) electrons. The van der Waals surface area contributed by atoms with Crippen LogP contribution in [0.4, 0.5) is 0 Å². The second kappa shape index (κ2) is 8.72. The van der Waals surface area contributed by atoms with Gasteiger partial charge in [-0.1, -0.05) is 23.8 Å². The van der Waals surface area contributed by atoms with Gasteiger partial charge in [0.25, 0.3) is 0 Å². The molecule has 0 saturated heterocycles. The molecule has 196 valence electrons. The summed E-state index contributed by atoms with van der Waals surface area (Å²) in [6, 6.07) is 1.60. The van der Waals surface area contributed by atoms with Gasteiger partial charge in [0.2, 0.25) is 5.43 Å². The van der Waals surface area contributed by atoms with Crippen molar-refractivity contribution >= 4 is 45.3 Å². The molecule has 5 rings (SSSR count). The molecular formula is C31H30O7. The van der Waals surface area contributed by atoms with Gasteiger partial charge in [-0.2, -0.15) is 0 Å². The Morgan fingerprint density at radius 2 is 1.95 bits per heavy atom. The van der Waals surface area contributed by atoms with Crippen LogP contribution < -0.4 is 10.2 Å². The molecule has 0 bridgehead atoms. The fraction of sp³-hybridized carbons (Fsp3) is 0.323. The number of phenols is 1. The molecule has 0 saturated carbocycles. The van der Waals surface area contributed by atoms with E-state index >= 15 is 0 Å². The second-order valence-electron chi connectivity index (χ2n) is 10.8. The van der Waals surface area contributed by atoms with E-state index in [9.17, 15) is 19.5 Å². The Hall–Kier alpha value is -4.13. The summed E-state index contributed by atoms with van der Waals surface area (Å²) in [5.74, 6) is -1.50. The van der Waals surface area contributed by atoms with E-state index in [0.29, 0.717) is 40.0 Å². The zero-order valence-corrected chi connectivity index (χ0v) is 22.4. The van der Waals surface area contributed by atoms with Crippen molar-refractivity contribution in [1.29, 1.82) is 0 Å². The first-order valence-electron chi connectivity index (χ1n) is 12.5. The van der Waals surface area contributed by atoms with Crippen molar-refractivity contribution in [3.63, 3.8) is 0 Å². The van der Waals surface area contributed by atoms with Crippen LogP contribution in [0.3, 0.4) is 0 Å². The standard InChI is InChI=1S/C31H30O7/c1-14(2)8-9-17-27-16(10-11-31(5,6)38-27)25(33)24-26(34)20-12-18(15(3)4)22-19(30(35)36-7)13-21(32)23(22)29(20)37-28(17)24/h8,10-12,19,33H,3,9,13H2,1-2,4-7H3. The molecule has 7 nitrogen and oxygen atoms in total. The zero-order valence-electron chi connectivity index (χ0n) is 22.4. The fourth-order valence-corrected chi connectivity index (χ4v) is 5.35. The normalized spacial score (nSPS) is 17.2. The van der Waals surface area contributed by atoms with E-state index in [1.165, 1.54) is 7.11 Å². The quantitative estimate of drug-likeness (QED) is 0.250. The highest BCUT2D eigenvalue weighted by molar-refractivity contribution is 6.16. The number of methoxy groups -OCH3 is 1. The lowest BCUT2D eigenvalue weighted by Gasteiger charge is -2.30. The Morgan fingerprint density at radius 3 is 2.58 bits per heavy atom. The molecule has 1 N–H and O–H groups in total. The van der Waals surface area contributed by atoms with Crippen LogP contribution in [0.2, 0.25) is 0 Å². The van der Waals surface area contributed by atoms with Crippen molar-refractivity contribution in [3.8, 4) is 11.5 Å². The number of carbonyl (C=O) groups is 2. The third kappa shape index (κ3) is 3.76. The van der Waals surface area contributed by atoms with E-state index in [1.54, 1.807) is 19.1 Å². The molecule has 1 aromatic heterocycles. The molecule has 3 aromatic rings. The van der Waals surface area contributed by atoms with Crippen LogP contribution in [-0.4, -0.2) is 29.6 Å². The number of rotatable bonds is 4. The number of phenolic OH excluding ortho intramolecular Hbond substituents is 1. The Morgan fingerprint density at radius 1 is 1.24 bits per heavy atom. The van der Waals surface area contributed by atoms with E-state index in [0.717, 1.165) is 5.57 Å². The summed E-state index contributed by atoms with van der Waals surface area (Å²) in [6.45, 7) is 13.5. The van der Waals surface area contributed by atoms with Gasteiger partial charge in [0.05, 0.1) is 29.5 Å². The molecule has 0 amide bonds. The van der Waals surface area contributed by atoms with Gasteiger partial charge in [0.15, 0.2) is 5.78 Å². The lowest BCUT2D eigenvalue weighted by atomic mass is 9.89. The molecule has 2 heterocycles. The van der Waals surface area contributed by atoms with Gasteiger partial charge >= 0.3 is 5.97 Å². The first-order valence-corrected chi connectivity index (χ1v) is 12.5. The van der Waals surface area contributed by atoms with Crippen LogP contribution >= 0.6 is 0 Å². The predicted octanol–water partition coefficient (Wildman–Crippen LogP) is 6.22. The number of ether oxygens (including phenoxy) is 2. The molecule has 38 heavy (non-hydrogen) atoms. The molecule has 7 heteroatoms. The number of benzene rings is 2. The van der Waals surface area contributed by atoms with Crippen LogP contribution in [-0.2, 0) is 16.0 Å². The van der Waals surface area contributed by atoms with Gasteiger partial charge in [0.1, 0.15) is 33.7 Å².